The summed E-state index contributed by atoms with van der Waals surface area (Å²) in [6.45, 7) is 0. The second kappa shape index (κ2) is 4.42. The standard InChI is InChI=1S/C14H15N3O2/c1-15-14(19)10-4-6-11(7-5-10)17-13(18)8-12(16-17)9-2-3-9/h4-9,16H,2-3H2,1H3,(H,15,19). The molecule has 1 saturated carbocycles. The number of rotatable bonds is 3. The Morgan fingerprint density at radius 2 is 2.00 bits per heavy atom. The fourth-order valence-electron chi connectivity index (χ4n) is 2.12. The Balaban J connectivity index is 1.93. The lowest BCUT2D eigenvalue weighted by Gasteiger charge is -2.04. The lowest BCUT2D eigenvalue weighted by atomic mass is 10.2. The molecule has 2 aromatic rings. The van der Waals surface area contributed by atoms with E-state index in [0.29, 0.717) is 11.5 Å². The van der Waals surface area contributed by atoms with Gasteiger partial charge in [-0.2, -0.15) is 0 Å². The van der Waals surface area contributed by atoms with Gasteiger partial charge in [-0.1, -0.05) is 0 Å². The van der Waals surface area contributed by atoms with Gasteiger partial charge in [0.1, 0.15) is 0 Å². The molecule has 1 fully saturated rings. The summed E-state index contributed by atoms with van der Waals surface area (Å²) >= 11 is 0. The van der Waals surface area contributed by atoms with Crippen LogP contribution in [0.3, 0.4) is 0 Å². The van der Waals surface area contributed by atoms with Gasteiger partial charge < -0.3 is 5.32 Å². The number of aromatic nitrogens is 2. The molecule has 0 radical (unpaired) electrons. The highest BCUT2D eigenvalue weighted by Gasteiger charge is 2.26. The average Bonchev–Trinajstić information content (AvgIpc) is 3.21. The van der Waals surface area contributed by atoms with Gasteiger partial charge in [0, 0.05) is 30.3 Å². The van der Waals surface area contributed by atoms with Gasteiger partial charge in [-0.15, -0.1) is 0 Å². The predicted molar refractivity (Wildman–Crippen MR) is 71.8 cm³/mol. The summed E-state index contributed by atoms with van der Waals surface area (Å²) < 4.78 is 1.52. The van der Waals surface area contributed by atoms with E-state index in [1.807, 2.05) is 0 Å². The summed E-state index contributed by atoms with van der Waals surface area (Å²) in [7, 11) is 1.59. The van der Waals surface area contributed by atoms with Crippen molar-refractivity contribution in [2.24, 2.45) is 0 Å². The first-order valence-corrected chi connectivity index (χ1v) is 6.33. The maximum atomic E-state index is 11.9. The van der Waals surface area contributed by atoms with Crippen LogP contribution in [-0.2, 0) is 0 Å². The number of amides is 1. The highest BCUT2D eigenvalue weighted by Crippen LogP contribution is 2.38. The van der Waals surface area contributed by atoms with Gasteiger partial charge in [-0.05, 0) is 37.1 Å². The van der Waals surface area contributed by atoms with Crippen LogP contribution in [0.25, 0.3) is 5.69 Å². The first-order chi connectivity index (χ1) is 9.19. The Hall–Kier alpha value is -2.30. The quantitative estimate of drug-likeness (QED) is 0.872. The normalized spacial score (nSPS) is 14.4. The molecule has 0 unspecified atom stereocenters. The Morgan fingerprint density at radius 3 is 2.58 bits per heavy atom. The van der Waals surface area contributed by atoms with E-state index in [1.54, 1.807) is 37.4 Å². The molecule has 1 aromatic carbocycles. The van der Waals surface area contributed by atoms with Crippen molar-refractivity contribution in [3.05, 3.63) is 51.9 Å². The molecular weight excluding hydrogens is 242 g/mol. The molecule has 98 valence electrons. The minimum atomic E-state index is -0.135. The zero-order chi connectivity index (χ0) is 13.4. The number of carbonyl (C=O) groups excluding carboxylic acids is 1. The van der Waals surface area contributed by atoms with Crippen LogP contribution in [0.4, 0.5) is 0 Å². The van der Waals surface area contributed by atoms with Crippen LogP contribution < -0.4 is 10.9 Å². The number of benzene rings is 1. The van der Waals surface area contributed by atoms with Crippen molar-refractivity contribution >= 4 is 5.91 Å². The molecule has 5 heteroatoms. The van der Waals surface area contributed by atoms with E-state index in [1.165, 1.54) is 4.68 Å². The Morgan fingerprint density at radius 1 is 1.32 bits per heavy atom. The van der Waals surface area contributed by atoms with Gasteiger partial charge in [0.05, 0.1) is 5.69 Å². The zero-order valence-corrected chi connectivity index (χ0v) is 10.6. The second-order valence-corrected chi connectivity index (χ2v) is 4.79. The van der Waals surface area contributed by atoms with Gasteiger partial charge in [-0.3, -0.25) is 14.7 Å². The van der Waals surface area contributed by atoms with Crippen molar-refractivity contribution in [3.8, 4) is 5.69 Å². The highest BCUT2D eigenvalue weighted by molar-refractivity contribution is 5.94. The van der Waals surface area contributed by atoms with Gasteiger partial charge in [-0.25, -0.2) is 4.68 Å². The van der Waals surface area contributed by atoms with E-state index in [0.717, 1.165) is 24.2 Å². The summed E-state index contributed by atoms with van der Waals surface area (Å²) in [5, 5.41) is 5.69. The lowest BCUT2D eigenvalue weighted by molar-refractivity contribution is 0.0963. The third kappa shape index (κ3) is 2.19. The molecule has 0 aliphatic heterocycles. The molecule has 0 saturated heterocycles. The maximum Gasteiger partial charge on any atom is 0.271 e. The van der Waals surface area contributed by atoms with Crippen LogP contribution in [0.5, 0.6) is 0 Å². The zero-order valence-electron chi connectivity index (χ0n) is 10.6. The number of hydrogen-bond donors (Lipinski definition) is 2. The van der Waals surface area contributed by atoms with Gasteiger partial charge in [0.25, 0.3) is 11.5 Å². The fraction of sp³-hybridized carbons (Fsp3) is 0.286. The van der Waals surface area contributed by atoms with Crippen molar-refractivity contribution in [3.63, 3.8) is 0 Å². The Bertz CT molecular complexity index is 663. The van der Waals surface area contributed by atoms with E-state index in [-0.39, 0.29) is 11.5 Å². The summed E-state index contributed by atoms with van der Waals surface area (Å²) in [5.41, 5.74) is 2.26. The van der Waals surface area contributed by atoms with E-state index >= 15 is 0 Å². The van der Waals surface area contributed by atoms with Crippen molar-refractivity contribution < 1.29 is 4.79 Å². The summed E-state index contributed by atoms with van der Waals surface area (Å²) in [4.78, 5) is 23.3. The van der Waals surface area contributed by atoms with E-state index in [4.69, 9.17) is 0 Å². The van der Waals surface area contributed by atoms with E-state index in [2.05, 4.69) is 10.4 Å². The van der Waals surface area contributed by atoms with Crippen LogP contribution in [0, 0.1) is 0 Å². The summed E-state index contributed by atoms with van der Waals surface area (Å²) in [6, 6.07) is 8.60. The molecule has 1 aliphatic rings. The largest absolute Gasteiger partial charge is 0.355 e. The van der Waals surface area contributed by atoms with Gasteiger partial charge >= 0.3 is 0 Å². The molecule has 0 bridgehead atoms. The number of nitrogens with zero attached hydrogens (tertiary/aromatic N) is 1. The lowest BCUT2D eigenvalue weighted by Crippen LogP contribution is -2.18. The third-order valence-corrected chi connectivity index (χ3v) is 3.37. The number of hydrogen-bond acceptors (Lipinski definition) is 2. The molecule has 3 rings (SSSR count). The van der Waals surface area contributed by atoms with Gasteiger partial charge in [0.15, 0.2) is 0 Å². The summed E-state index contributed by atoms with van der Waals surface area (Å²) in [6.07, 6.45) is 2.30. The number of aromatic amines is 1. The molecule has 1 amide bonds. The van der Waals surface area contributed by atoms with Crippen LogP contribution in [0.2, 0.25) is 0 Å². The molecule has 1 aliphatic carbocycles. The smallest absolute Gasteiger partial charge is 0.271 e. The minimum absolute atomic E-state index is 0.0606. The van der Waals surface area contributed by atoms with Gasteiger partial charge in [0.2, 0.25) is 0 Å². The van der Waals surface area contributed by atoms with Crippen molar-refractivity contribution in [1.29, 1.82) is 0 Å². The second-order valence-electron chi connectivity index (χ2n) is 4.79. The maximum absolute atomic E-state index is 11.9. The van der Waals surface area contributed by atoms with Crippen LogP contribution in [-0.4, -0.2) is 22.7 Å². The molecule has 19 heavy (non-hydrogen) atoms. The fourth-order valence-corrected chi connectivity index (χ4v) is 2.12. The van der Waals surface area contributed by atoms with Crippen LogP contribution in [0.1, 0.15) is 34.8 Å². The molecule has 1 heterocycles. The Labute approximate surface area is 110 Å². The van der Waals surface area contributed by atoms with Crippen molar-refractivity contribution in [1.82, 2.24) is 15.1 Å². The first kappa shape index (κ1) is 11.8. The molecule has 0 spiro atoms. The average molecular weight is 257 g/mol. The molecule has 0 atom stereocenters. The third-order valence-electron chi connectivity index (χ3n) is 3.37. The number of H-pyrrole nitrogens is 1. The number of carbonyl (C=O) groups is 1. The topological polar surface area (TPSA) is 66.9 Å². The molecule has 5 nitrogen and oxygen atoms in total. The van der Waals surface area contributed by atoms with Crippen LogP contribution in [0.15, 0.2) is 35.1 Å². The predicted octanol–water partition coefficient (Wildman–Crippen LogP) is 1.40. The molecular formula is C14H15N3O2. The minimum Gasteiger partial charge on any atom is -0.355 e. The van der Waals surface area contributed by atoms with Crippen molar-refractivity contribution in [2.75, 3.05) is 7.05 Å². The number of nitrogens with one attached hydrogen (secondary N) is 2. The molecule has 1 aromatic heterocycles. The van der Waals surface area contributed by atoms with Crippen LogP contribution >= 0.6 is 0 Å². The van der Waals surface area contributed by atoms with E-state index < -0.39 is 0 Å². The monoisotopic (exact) mass is 257 g/mol. The molecule has 2 N–H and O–H groups in total. The highest BCUT2D eigenvalue weighted by atomic mass is 16.1. The first-order valence-electron chi connectivity index (χ1n) is 6.33. The summed E-state index contributed by atoms with van der Waals surface area (Å²) in [5.74, 6) is 0.378. The SMILES string of the molecule is CNC(=O)c1ccc(-n2[nH]c(C3CC3)cc2=O)cc1. The Kier molecular flexibility index (Phi) is 2.74. The van der Waals surface area contributed by atoms with E-state index in [9.17, 15) is 9.59 Å². The van der Waals surface area contributed by atoms with Crippen molar-refractivity contribution in [2.45, 2.75) is 18.8 Å².